The summed E-state index contributed by atoms with van der Waals surface area (Å²) in [5.74, 6) is 0. The number of ether oxygens (including phenoxy) is 1. The zero-order valence-electron chi connectivity index (χ0n) is 15.8. The third-order valence-corrected chi connectivity index (χ3v) is 6.24. The van der Waals surface area contributed by atoms with Crippen LogP contribution in [-0.2, 0) is 19.0 Å². The summed E-state index contributed by atoms with van der Waals surface area (Å²) in [6, 6.07) is 6.59. The number of amides is 1. The molecular weight excluding hydrogens is 354 g/mol. The molecule has 0 spiro atoms. The molecule has 2 heterocycles. The molecule has 0 radical (unpaired) electrons. The Hall–Kier alpha value is -1.60. The van der Waals surface area contributed by atoms with Crippen molar-refractivity contribution in [2.75, 3.05) is 0 Å². The second kappa shape index (κ2) is 6.85. The SMILES string of the molecule is Cc1ccc(S(=O)(=O)OC2C[C@H]3CC[C@@H](C2)N3C(=O)OC(C)(C)C)cc1. The highest BCUT2D eigenvalue weighted by Crippen LogP contribution is 2.38. The molecule has 2 aliphatic rings. The fourth-order valence-electron chi connectivity index (χ4n) is 3.76. The standard InChI is InChI=1S/C19H27NO5S/c1-13-5-9-17(10-6-13)26(22,23)25-16-11-14-7-8-15(12-16)20(14)18(21)24-19(2,3)4/h5-6,9-10,14-16H,7-8,11-12H2,1-4H3/t14-,15+,16?. The zero-order chi connectivity index (χ0) is 19.1. The molecule has 26 heavy (non-hydrogen) atoms. The lowest BCUT2D eigenvalue weighted by atomic mass is 10.0. The summed E-state index contributed by atoms with van der Waals surface area (Å²) in [5.41, 5.74) is 0.450. The second-order valence-electron chi connectivity index (χ2n) is 8.23. The molecule has 2 fully saturated rings. The normalized spacial score (nSPS) is 26.0. The van der Waals surface area contributed by atoms with Crippen molar-refractivity contribution in [3.8, 4) is 0 Å². The van der Waals surface area contributed by atoms with E-state index in [9.17, 15) is 13.2 Å². The van der Waals surface area contributed by atoms with Gasteiger partial charge in [-0.3, -0.25) is 4.18 Å². The monoisotopic (exact) mass is 381 g/mol. The fourth-order valence-corrected chi connectivity index (χ4v) is 4.85. The van der Waals surface area contributed by atoms with Crippen molar-refractivity contribution in [2.45, 2.75) is 82.1 Å². The number of nitrogens with zero attached hydrogens (tertiary/aromatic N) is 1. The van der Waals surface area contributed by atoms with Crippen LogP contribution in [0.2, 0.25) is 0 Å². The van der Waals surface area contributed by atoms with Crippen LogP contribution in [0.5, 0.6) is 0 Å². The minimum Gasteiger partial charge on any atom is -0.444 e. The molecule has 144 valence electrons. The molecule has 0 N–H and O–H groups in total. The summed E-state index contributed by atoms with van der Waals surface area (Å²) < 4.78 is 36.1. The third-order valence-electron chi connectivity index (χ3n) is 4.87. The summed E-state index contributed by atoms with van der Waals surface area (Å²) >= 11 is 0. The van der Waals surface area contributed by atoms with Crippen LogP contribution in [0, 0.1) is 6.92 Å². The molecule has 3 atom stereocenters. The molecule has 1 aromatic carbocycles. The van der Waals surface area contributed by atoms with E-state index in [0.29, 0.717) is 12.8 Å². The molecule has 7 heteroatoms. The Morgan fingerprint density at radius 2 is 1.62 bits per heavy atom. The topological polar surface area (TPSA) is 72.9 Å². The quantitative estimate of drug-likeness (QED) is 0.748. The van der Waals surface area contributed by atoms with Gasteiger partial charge in [0.25, 0.3) is 10.1 Å². The smallest absolute Gasteiger partial charge is 0.410 e. The number of rotatable bonds is 3. The average Bonchev–Trinajstić information content (AvgIpc) is 2.77. The van der Waals surface area contributed by atoms with E-state index in [2.05, 4.69) is 0 Å². The highest BCUT2D eigenvalue weighted by atomic mass is 32.2. The van der Waals surface area contributed by atoms with E-state index in [1.54, 1.807) is 29.2 Å². The van der Waals surface area contributed by atoms with Gasteiger partial charge >= 0.3 is 6.09 Å². The van der Waals surface area contributed by atoms with Gasteiger partial charge in [0, 0.05) is 12.1 Å². The minimum absolute atomic E-state index is 0.0261. The lowest BCUT2D eigenvalue weighted by molar-refractivity contribution is -0.00610. The van der Waals surface area contributed by atoms with Gasteiger partial charge in [0.15, 0.2) is 0 Å². The summed E-state index contributed by atoms with van der Waals surface area (Å²) in [7, 11) is -3.80. The van der Waals surface area contributed by atoms with E-state index in [0.717, 1.165) is 18.4 Å². The molecule has 2 bridgehead atoms. The van der Waals surface area contributed by atoms with Crippen molar-refractivity contribution in [1.29, 1.82) is 0 Å². The third kappa shape index (κ3) is 4.20. The fraction of sp³-hybridized carbons (Fsp3) is 0.632. The summed E-state index contributed by atoms with van der Waals surface area (Å²) in [5, 5.41) is 0. The molecule has 1 amide bonds. The van der Waals surface area contributed by atoms with E-state index in [1.165, 1.54) is 0 Å². The van der Waals surface area contributed by atoms with E-state index < -0.39 is 21.8 Å². The van der Waals surface area contributed by atoms with Gasteiger partial charge in [-0.05, 0) is 65.5 Å². The Labute approximate surface area is 155 Å². The minimum atomic E-state index is -3.80. The van der Waals surface area contributed by atoms with E-state index in [-0.39, 0.29) is 23.1 Å². The average molecular weight is 381 g/mol. The summed E-state index contributed by atoms with van der Waals surface area (Å²) in [4.78, 5) is 14.4. The Morgan fingerprint density at radius 3 is 2.12 bits per heavy atom. The molecular formula is C19H27NO5S. The van der Waals surface area contributed by atoms with Gasteiger partial charge in [-0.15, -0.1) is 0 Å². The van der Waals surface area contributed by atoms with Crippen molar-refractivity contribution in [1.82, 2.24) is 4.90 Å². The van der Waals surface area contributed by atoms with Crippen LogP contribution in [0.3, 0.4) is 0 Å². The van der Waals surface area contributed by atoms with Crippen molar-refractivity contribution in [3.63, 3.8) is 0 Å². The number of aryl methyl sites for hydroxylation is 1. The summed E-state index contributed by atoms with van der Waals surface area (Å²) in [6.45, 7) is 7.44. The van der Waals surface area contributed by atoms with Gasteiger partial charge in [-0.2, -0.15) is 8.42 Å². The first-order chi connectivity index (χ1) is 12.0. The number of fused-ring (bicyclic) bond motifs is 2. The second-order valence-corrected chi connectivity index (χ2v) is 9.80. The molecule has 3 rings (SSSR count). The van der Waals surface area contributed by atoms with Crippen LogP contribution in [0.4, 0.5) is 4.79 Å². The maximum atomic E-state index is 12.5. The number of carbonyl (C=O) groups excluding carboxylic acids is 1. The number of piperidine rings is 1. The number of hydrogen-bond donors (Lipinski definition) is 0. The molecule has 2 saturated heterocycles. The van der Waals surface area contributed by atoms with Gasteiger partial charge in [-0.1, -0.05) is 17.7 Å². The van der Waals surface area contributed by atoms with Crippen molar-refractivity contribution < 1.29 is 22.1 Å². The largest absolute Gasteiger partial charge is 0.444 e. The van der Waals surface area contributed by atoms with E-state index in [4.69, 9.17) is 8.92 Å². The van der Waals surface area contributed by atoms with E-state index in [1.807, 2.05) is 27.7 Å². The van der Waals surface area contributed by atoms with Gasteiger partial charge in [0.1, 0.15) is 5.60 Å². The Kier molecular flexibility index (Phi) is 5.05. The van der Waals surface area contributed by atoms with Crippen LogP contribution in [0.25, 0.3) is 0 Å². The maximum Gasteiger partial charge on any atom is 0.410 e. The van der Waals surface area contributed by atoms with Gasteiger partial charge < -0.3 is 9.64 Å². The Bertz CT molecular complexity index is 752. The number of hydrogen-bond acceptors (Lipinski definition) is 5. The summed E-state index contributed by atoms with van der Waals surface area (Å²) in [6.07, 6.45) is 2.02. The van der Waals surface area contributed by atoms with Gasteiger partial charge in [-0.25, -0.2) is 4.79 Å². The first kappa shape index (κ1) is 19.2. The molecule has 6 nitrogen and oxygen atoms in total. The van der Waals surface area contributed by atoms with Crippen LogP contribution in [0.15, 0.2) is 29.2 Å². The van der Waals surface area contributed by atoms with Crippen LogP contribution < -0.4 is 0 Å². The van der Waals surface area contributed by atoms with Crippen molar-refractivity contribution in [2.24, 2.45) is 0 Å². The van der Waals surface area contributed by atoms with Crippen LogP contribution >= 0.6 is 0 Å². The molecule has 2 aliphatic heterocycles. The lowest BCUT2D eigenvalue weighted by Gasteiger charge is -2.38. The number of benzene rings is 1. The highest BCUT2D eigenvalue weighted by Gasteiger charge is 2.46. The van der Waals surface area contributed by atoms with Crippen molar-refractivity contribution in [3.05, 3.63) is 29.8 Å². The predicted octanol–water partition coefficient (Wildman–Crippen LogP) is 3.63. The Balaban J connectivity index is 1.67. The van der Waals surface area contributed by atoms with Gasteiger partial charge in [0.05, 0.1) is 11.0 Å². The maximum absolute atomic E-state index is 12.5. The molecule has 1 unspecified atom stereocenters. The molecule has 0 aromatic heterocycles. The Morgan fingerprint density at radius 1 is 1.08 bits per heavy atom. The zero-order valence-corrected chi connectivity index (χ0v) is 16.6. The molecule has 0 saturated carbocycles. The van der Waals surface area contributed by atoms with Crippen LogP contribution in [-0.4, -0.2) is 43.2 Å². The molecule has 1 aromatic rings. The van der Waals surface area contributed by atoms with Crippen molar-refractivity contribution >= 4 is 16.2 Å². The predicted molar refractivity (Wildman–Crippen MR) is 97.4 cm³/mol. The van der Waals surface area contributed by atoms with E-state index >= 15 is 0 Å². The highest BCUT2D eigenvalue weighted by molar-refractivity contribution is 7.86. The number of carbonyl (C=O) groups is 1. The first-order valence-electron chi connectivity index (χ1n) is 9.06. The molecule has 0 aliphatic carbocycles. The lowest BCUT2D eigenvalue weighted by Crippen LogP contribution is -2.50. The van der Waals surface area contributed by atoms with Crippen LogP contribution in [0.1, 0.15) is 52.0 Å². The first-order valence-corrected chi connectivity index (χ1v) is 10.5. The van der Waals surface area contributed by atoms with Gasteiger partial charge in [0.2, 0.25) is 0 Å².